The first-order valence-electron chi connectivity index (χ1n) is 12.1. The summed E-state index contributed by atoms with van der Waals surface area (Å²) in [6.07, 6.45) is 26.7. The summed E-state index contributed by atoms with van der Waals surface area (Å²) in [5.41, 5.74) is 2.45. The van der Waals surface area contributed by atoms with Gasteiger partial charge in [0.25, 0.3) is 0 Å². The van der Waals surface area contributed by atoms with E-state index in [0.29, 0.717) is 7.92 Å². The predicted molar refractivity (Wildman–Crippen MR) is 113 cm³/mol. The van der Waals surface area contributed by atoms with Crippen LogP contribution in [0.3, 0.4) is 0 Å². The van der Waals surface area contributed by atoms with Crippen LogP contribution in [-0.4, -0.2) is 17.5 Å². The van der Waals surface area contributed by atoms with Gasteiger partial charge < -0.3 is 0 Å². The Morgan fingerprint density at radius 2 is 1.12 bits per heavy atom. The molecule has 1 heteroatoms. The maximum Gasteiger partial charge on any atom is -0.0176 e. The smallest absolute Gasteiger partial charge is 0.0176 e. The van der Waals surface area contributed by atoms with Crippen molar-refractivity contribution in [2.75, 3.05) is 6.16 Å². The van der Waals surface area contributed by atoms with Crippen LogP contribution in [0.1, 0.15) is 110 Å². The van der Waals surface area contributed by atoms with Crippen LogP contribution in [0.15, 0.2) is 0 Å². The van der Waals surface area contributed by atoms with Crippen molar-refractivity contribution in [3.63, 3.8) is 0 Å². The SMILES string of the molecule is CCCCCCCCCCP(C1CC2CCC1C2)C1CC2CCC1C2. The summed E-state index contributed by atoms with van der Waals surface area (Å²) < 4.78 is 0. The fraction of sp³-hybridized carbons (Fsp3) is 1.00. The zero-order valence-electron chi connectivity index (χ0n) is 16.9. The van der Waals surface area contributed by atoms with Crippen molar-refractivity contribution in [3.05, 3.63) is 0 Å². The molecule has 4 rings (SSSR count). The van der Waals surface area contributed by atoms with Crippen LogP contribution in [0.25, 0.3) is 0 Å². The highest BCUT2D eigenvalue weighted by Crippen LogP contribution is 2.67. The Balaban J connectivity index is 1.24. The van der Waals surface area contributed by atoms with Crippen molar-refractivity contribution >= 4 is 7.92 Å². The largest absolute Gasteiger partial charge is 0.0998 e. The van der Waals surface area contributed by atoms with Gasteiger partial charge in [0.05, 0.1) is 0 Å². The highest BCUT2D eigenvalue weighted by molar-refractivity contribution is 7.59. The van der Waals surface area contributed by atoms with Gasteiger partial charge in [0.15, 0.2) is 0 Å². The van der Waals surface area contributed by atoms with E-state index in [-0.39, 0.29) is 0 Å². The number of rotatable bonds is 11. The number of hydrogen-bond acceptors (Lipinski definition) is 0. The molecule has 0 nitrogen and oxygen atoms in total. The Kier molecular flexibility index (Phi) is 6.82. The second-order valence-corrected chi connectivity index (χ2v) is 13.0. The first-order chi connectivity index (χ1) is 12.3. The van der Waals surface area contributed by atoms with Gasteiger partial charge in [-0.1, -0.05) is 72.6 Å². The van der Waals surface area contributed by atoms with Gasteiger partial charge in [-0.2, -0.15) is 0 Å². The Morgan fingerprint density at radius 3 is 1.56 bits per heavy atom. The van der Waals surface area contributed by atoms with Crippen LogP contribution in [0, 0.1) is 23.7 Å². The molecule has 0 aromatic heterocycles. The monoisotopic (exact) mass is 362 g/mol. The summed E-state index contributed by atoms with van der Waals surface area (Å²) in [7, 11) is 0.377. The summed E-state index contributed by atoms with van der Waals surface area (Å²) >= 11 is 0. The molecular weight excluding hydrogens is 319 g/mol. The van der Waals surface area contributed by atoms with E-state index in [1.807, 2.05) is 0 Å². The Labute approximate surface area is 159 Å². The lowest BCUT2D eigenvalue weighted by atomic mass is 9.99. The topological polar surface area (TPSA) is 0 Å². The molecule has 0 amide bonds. The van der Waals surface area contributed by atoms with Gasteiger partial charge in [0, 0.05) is 0 Å². The summed E-state index contributed by atoms with van der Waals surface area (Å²) in [6, 6.07) is 0. The zero-order valence-corrected chi connectivity index (χ0v) is 17.8. The third kappa shape index (κ3) is 4.47. The van der Waals surface area contributed by atoms with Crippen molar-refractivity contribution in [2.45, 2.75) is 121 Å². The van der Waals surface area contributed by atoms with E-state index in [4.69, 9.17) is 0 Å². The molecule has 4 fully saturated rings. The highest BCUT2D eigenvalue weighted by Gasteiger charge is 2.49. The van der Waals surface area contributed by atoms with E-state index in [1.54, 1.807) is 70.4 Å². The van der Waals surface area contributed by atoms with E-state index in [2.05, 4.69) is 6.92 Å². The molecule has 0 aliphatic heterocycles. The molecular formula is C24H43P. The van der Waals surface area contributed by atoms with Crippen LogP contribution >= 0.6 is 7.92 Å². The molecule has 4 saturated carbocycles. The van der Waals surface area contributed by atoms with Crippen molar-refractivity contribution in [1.82, 2.24) is 0 Å². The van der Waals surface area contributed by atoms with E-state index in [9.17, 15) is 0 Å². The third-order valence-electron chi connectivity index (χ3n) is 8.52. The Morgan fingerprint density at radius 1 is 0.600 bits per heavy atom. The molecule has 4 aliphatic carbocycles. The van der Waals surface area contributed by atoms with Gasteiger partial charge in [0.1, 0.15) is 0 Å². The number of hydrogen-bond donors (Lipinski definition) is 0. The third-order valence-corrected chi connectivity index (χ3v) is 12.3. The molecule has 4 bridgehead atoms. The van der Waals surface area contributed by atoms with Crippen molar-refractivity contribution in [2.24, 2.45) is 23.7 Å². The molecule has 0 radical (unpaired) electrons. The predicted octanol–water partition coefficient (Wildman–Crippen LogP) is 7.99. The van der Waals surface area contributed by atoms with Gasteiger partial charge in [-0.25, -0.2) is 0 Å². The maximum absolute atomic E-state index is 2.33. The molecule has 144 valence electrons. The fourth-order valence-electron chi connectivity index (χ4n) is 7.24. The quantitative estimate of drug-likeness (QED) is 0.258. The van der Waals surface area contributed by atoms with Gasteiger partial charge in [-0.15, -0.1) is 0 Å². The molecule has 0 N–H and O–H groups in total. The second kappa shape index (κ2) is 9.08. The van der Waals surface area contributed by atoms with Crippen LogP contribution < -0.4 is 0 Å². The van der Waals surface area contributed by atoms with E-state index >= 15 is 0 Å². The highest BCUT2D eigenvalue weighted by atomic mass is 31.1. The zero-order chi connectivity index (χ0) is 17.1. The van der Waals surface area contributed by atoms with E-state index < -0.39 is 0 Å². The van der Waals surface area contributed by atoms with Crippen molar-refractivity contribution in [1.29, 1.82) is 0 Å². The van der Waals surface area contributed by atoms with Crippen LogP contribution in [0.5, 0.6) is 0 Å². The normalized spacial score (nSPS) is 40.2. The van der Waals surface area contributed by atoms with E-state index in [1.165, 1.54) is 61.7 Å². The minimum Gasteiger partial charge on any atom is -0.0998 e. The summed E-state index contributed by atoms with van der Waals surface area (Å²) in [5.74, 6) is 4.70. The van der Waals surface area contributed by atoms with Crippen LogP contribution in [-0.2, 0) is 0 Å². The maximum atomic E-state index is 2.33. The Bertz CT molecular complexity index is 377. The number of unbranched alkanes of at least 4 members (excludes halogenated alkanes) is 7. The lowest BCUT2D eigenvalue weighted by Crippen LogP contribution is -2.26. The molecule has 4 aliphatic rings. The molecule has 6 atom stereocenters. The first-order valence-corrected chi connectivity index (χ1v) is 13.8. The van der Waals surface area contributed by atoms with Gasteiger partial charge >= 0.3 is 0 Å². The minimum absolute atomic E-state index is 0.377. The molecule has 0 spiro atoms. The summed E-state index contributed by atoms with van der Waals surface area (Å²) in [5, 5.41) is 0. The standard InChI is InChI=1S/C24H43P/c1-2-3-4-5-6-7-8-9-14-25(23-17-19-10-12-21(23)15-19)24-18-20-11-13-22(24)16-20/h19-24H,2-18H2,1H3. The molecule has 0 saturated heterocycles. The molecule has 0 aromatic rings. The lowest BCUT2D eigenvalue weighted by Gasteiger charge is -2.39. The van der Waals surface area contributed by atoms with Gasteiger partial charge in [-0.3, -0.25) is 0 Å². The Hall–Kier alpha value is 0.430. The van der Waals surface area contributed by atoms with E-state index in [0.717, 1.165) is 11.8 Å². The lowest BCUT2D eigenvalue weighted by molar-refractivity contribution is 0.460. The fourth-order valence-corrected chi connectivity index (χ4v) is 11.7. The summed E-state index contributed by atoms with van der Waals surface area (Å²) in [4.78, 5) is 0. The van der Waals surface area contributed by atoms with Crippen LogP contribution in [0.2, 0.25) is 0 Å². The minimum atomic E-state index is 0.377. The molecule has 0 aromatic carbocycles. The molecule has 0 heterocycles. The first kappa shape index (κ1) is 18.8. The van der Waals surface area contributed by atoms with Gasteiger partial charge in [-0.05, 0) is 86.1 Å². The van der Waals surface area contributed by atoms with Crippen molar-refractivity contribution in [3.8, 4) is 0 Å². The van der Waals surface area contributed by atoms with Gasteiger partial charge in [0.2, 0.25) is 0 Å². The number of fused-ring (bicyclic) bond motifs is 4. The average Bonchev–Trinajstić information content (AvgIpc) is 3.41. The second-order valence-electron chi connectivity index (χ2n) is 10.2. The summed E-state index contributed by atoms with van der Waals surface area (Å²) in [6.45, 7) is 2.33. The molecule has 25 heavy (non-hydrogen) atoms. The van der Waals surface area contributed by atoms with Crippen LogP contribution in [0.4, 0.5) is 0 Å². The van der Waals surface area contributed by atoms with Crippen molar-refractivity contribution < 1.29 is 0 Å². The average molecular weight is 363 g/mol. The molecule has 6 unspecified atom stereocenters.